The molecule has 86 valence electrons. The van der Waals surface area contributed by atoms with Gasteiger partial charge in [-0.3, -0.25) is 0 Å². The van der Waals surface area contributed by atoms with E-state index < -0.39 is 0 Å². The Morgan fingerprint density at radius 3 is 2.67 bits per heavy atom. The Morgan fingerprint density at radius 1 is 1.53 bits per heavy atom. The van der Waals surface area contributed by atoms with Crippen molar-refractivity contribution in [3.05, 3.63) is 11.1 Å². The van der Waals surface area contributed by atoms with Gasteiger partial charge in [0.2, 0.25) is 0 Å². The van der Waals surface area contributed by atoms with E-state index in [9.17, 15) is 0 Å². The minimum absolute atomic E-state index is 0.0910. The fraction of sp³-hybridized carbons (Fsp3) is 0.727. The third-order valence-corrected chi connectivity index (χ3v) is 3.88. The summed E-state index contributed by atoms with van der Waals surface area (Å²) in [6.45, 7) is 7.53. The highest BCUT2D eigenvalue weighted by Gasteiger charge is 2.11. The third-order valence-electron chi connectivity index (χ3n) is 2.57. The van der Waals surface area contributed by atoms with Crippen molar-refractivity contribution in [1.29, 1.82) is 0 Å². The van der Waals surface area contributed by atoms with Crippen molar-refractivity contribution in [2.45, 2.75) is 33.2 Å². The van der Waals surface area contributed by atoms with Crippen molar-refractivity contribution in [3.63, 3.8) is 0 Å². The maximum Gasteiger partial charge on any atom is 0.185 e. The summed E-state index contributed by atoms with van der Waals surface area (Å²) in [6.07, 6.45) is 3.09. The second-order valence-corrected chi connectivity index (χ2v) is 5.27. The molecule has 0 amide bonds. The van der Waals surface area contributed by atoms with Gasteiger partial charge in [0.15, 0.2) is 5.13 Å². The molecule has 2 unspecified atom stereocenters. The molecule has 0 fully saturated rings. The second kappa shape index (κ2) is 5.47. The van der Waals surface area contributed by atoms with Gasteiger partial charge in [0.05, 0.1) is 0 Å². The maximum absolute atomic E-state index is 5.81. The molecule has 1 rings (SSSR count). The van der Waals surface area contributed by atoms with E-state index in [-0.39, 0.29) is 6.04 Å². The molecule has 1 heterocycles. The van der Waals surface area contributed by atoms with Crippen LogP contribution < -0.4 is 10.6 Å². The molecule has 0 aliphatic heterocycles. The normalized spacial score (nSPS) is 15.0. The van der Waals surface area contributed by atoms with E-state index in [1.165, 1.54) is 6.42 Å². The molecule has 0 bridgehead atoms. The van der Waals surface area contributed by atoms with Crippen molar-refractivity contribution in [2.24, 2.45) is 11.7 Å². The zero-order chi connectivity index (χ0) is 11.4. The van der Waals surface area contributed by atoms with Gasteiger partial charge in [-0.2, -0.15) is 0 Å². The first kappa shape index (κ1) is 12.5. The monoisotopic (exact) mass is 227 g/mol. The zero-order valence-electron chi connectivity index (χ0n) is 10.0. The zero-order valence-corrected chi connectivity index (χ0v) is 10.8. The summed E-state index contributed by atoms with van der Waals surface area (Å²) in [7, 11) is 2.09. The van der Waals surface area contributed by atoms with Crippen LogP contribution in [0.3, 0.4) is 0 Å². The van der Waals surface area contributed by atoms with Gasteiger partial charge in [0.1, 0.15) is 0 Å². The van der Waals surface area contributed by atoms with Crippen LogP contribution in [-0.4, -0.2) is 18.6 Å². The van der Waals surface area contributed by atoms with Gasteiger partial charge in [-0.05, 0) is 12.8 Å². The first-order valence-electron chi connectivity index (χ1n) is 5.47. The Morgan fingerprint density at radius 2 is 2.20 bits per heavy atom. The average molecular weight is 227 g/mol. The lowest BCUT2D eigenvalue weighted by atomic mass is 10.1. The van der Waals surface area contributed by atoms with Gasteiger partial charge in [0, 0.05) is 30.7 Å². The molecule has 0 saturated carbocycles. The van der Waals surface area contributed by atoms with Crippen LogP contribution in [0.2, 0.25) is 0 Å². The van der Waals surface area contributed by atoms with Crippen LogP contribution in [0.4, 0.5) is 5.13 Å². The molecule has 0 aliphatic carbocycles. The topological polar surface area (TPSA) is 42.2 Å². The van der Waals surface area contributed by atoms with E-state index in [2.05, 4.69) is 30.8 Å². The maximum atomic E-state index is 5.81. The van der Waals surface area contributed by atoms with Gasteiger partial charge >= 0.3 is 0 Å². The number of nitrogens with zero attached hydrogens (tertiary/aromatic N) is 2. The molecule has 3 nitrogen and oxygen atoms in total. The van der Waals surface area contributed by atoms with Crippen LogP contribution in [0, 0.1) is 5.92 Å². The molecule has 2 atom stereocenters. The summed E-state index contributed by atoms with van der Waals surface area (Å²) in [5.74, 6) is 0.706. The first-order chi connectivity index (χ1) is 7.04. The number of hydrogen-bond donors (Lipinski definition) is 1. The summed E-state index contributed by atoms with van der Waals surface area (Å²) in [5.41, 5.74) is 5.81. The van der Waals surface area contributed by atoms with Crippen molar-refractivity contribution < 1.29 is 0 Å². The molecule has 0 saturated heterocycles. The molecular weight excluding hydrogens is 206 g/mol. The number of nitrogens with two attached hydrogens (primary N) is 1. The Kier molecular flexibility index (Phi) is 4.54. The molecule has 1 aromatic rings. The van der Waals surface area contributed by atoms with E-state index in [1.54, 1.807) is 11.3 Å². The van der Waals surface area contributed by atoms with E-state index in [0.717, 1.165) is 16.6 Å². The van der Waals surface area contributed by atoms with E-state index in [1.807, 2.05) is 13.1 Å². The highest BCUT2D eigenvalue weighted by molar-refractivity contribution is 7.15. The summed E-state index contributed by atoms with van der Waals surface area (Å²) in [5, 5.41) is 1.07. The molecule has 0 spiro atoms. The molecular formula is C11H21N3S. The summed E-state index contributed by atoms with van der Waals surface area (Å²) < 4.78 is 0. The lowest BCUT2D eigenvalue weighted by Crippen LogP contribution is -2.23. The van der Waals surface area contributed by atoms with Crippen molar-refractivity contribution in [3.8, 4) is 0 Å². The number of aromatic nitrogens is 1. The Labute approximate surface area is 96.3 Å². The van der Waals surface area contributed by atoms with Gasteiger partial charge < -0.3 is 10.6 Å². The number of anilines is 1. The molecule has 0 aromatic carbocycles. The SMILES string of the molecule is CCC(C)CN(C)c1ncc(C(C)N)s1. The van der Waals surface area contributed by atoms with Crippen molar-refractivity contribution >= 4 is 16.5 Å². The van der Waals surface area contributed by atoms with E-state index in [4.69, 9.17) is 5.73 Å². The summed E-state index contributed by atoms with van der Waals surface area (Å²) in [6, 6.07) is 0.0910. The Hall–Kier alpha value is -0.610. The predicted molar refractivity (Wildman–Crippen MR) is 67.4 cm³/mol. The molecule has 15 heavy (non-hydrogen) atoms. The summed E-state index contributed by atoms with van der Waals surface area (Å²) in [4.78, 5) is 7.76. The largest absolute Gasteiger partial charge is 0.351 e. The highest BCUT2D eigenvalue weighted by Crippen LogP contribution is 2.25. The van der Waals surface area contributed by atoms with Crippen LogP contribution in [0.1, 0.15) is 38.1 Å². The van der Waals surface area contributed by atoms with Crippen molar-refractivity contribution in [2.75, 3.05) is 18.5 Å². The van der Waals surface area contributed by atoms with E-state index >= 15 is 0 Å². The second-order valence-electron chi connectivity index (χ2n) is 4.23. The Balaban J connectivity index is 2.61. The van der Waals surface area contributed by atoms with Crippen molar-refractivity contribution in [1.82, 2.24) is 4.98 Å². The van der Waals surface area contributed by atoms with Gasteiger partial charge in [-0.25, -0.2) is 4.98 Å². The highest BCUT2D eigenvalue weighted by atomic mass is 32.1. The van der Waals surface area contributed by atoms with Crippen LogP contribution in [0.25, 0.3) is 0 Å². The molecule has 2 N–H and O–H groups in total. The standard InChI is InChI=1S/C11H21N3S/c1-5-8(2)7-14(4)11-13-6-10(15-11)9(3)12/h6,8-9H,5,7,12H2,1-4H3. The lowest BCUT2D eigenvalue weighted by molar-refractivity contribution is 0.559. The first-order valence-corrected chi connectivity index (χ1v) is 6.28. The quantitative estimate of drug-likeness (QED) is 0.841. The summed E-state index contributed by atoms with van der Waals surface area (Å²) >= 11 is 1.69. The fourth-order valence-corrected chi connectivity index (χ4v) is 2.18. The fourth-order valence-electron chi connectivity index (χ4n) is 1.34. The number of rotatable bonds is 5. The molecule has 0 radical (unpaired) electrons. The van der Waals surface area contributed by atoms with Crippen LogP contribution in [-0.2, 0) is 0 Å². The van der Waals surface area contributed by atoms with Crippen LogP contribution in [0.5, 0.6) is 0 Å². The van der Waals surface area contributed by atoms with Gasteiger partial charge in [-0.15, -0.1) is 11.3 Å². The predicted octanol–water partition coefficient (Wildman–Crippen LogP) is 2.65. The Bertz CT molecular complexity index is 296. The third kappa shape index (κ3) is 3.47. The van der Waals surface area contributed by atoms with E-state index in [0.29, 0.717) is 5.92 Å². The molecule has 1 aromatic heterocycles. The lowest BCUT2D eigenvalue weighted by Gasteiger charge is -2.19. The minimum Gasteiger partial charge on any atom is -0.351 e. The van der Waals surface area contributed by atoms with Gasteiger partial charge in [-0.1, -0.05) is 20.3 Å². The minimum atomic E-state index is 0.0910. The van der Waals surface area contributed by atoms with Crippen LogP contribution >= 0.6 is 11.3 Å². The molecule has 0 aliphatic rings. The number of thiazole rings is 1. The number of hydrogen-bond acceptors (Lipinski definition) is 4. The molecule has 4 heteroatoms. The average Bonchev–Trinajstić information content (AvgIpc) is 2.66. The van der Waals surface area contributed by atoms with Gasteiger partial charge in [0.25, 0.3) is 0 Å². The smallest absolute Gasteiger partial charge is 0.185 e. The van der Waals surface area contributed by atoms with Crippen LogP contribution in [0.15, 0.2) is 6.20 Å².